The summed E-state index contributed by atoms with van der Waals surface area (Å²) in [5.74, 6) is -1.55. The molecule has 180 valence electrons. The number of carbonyl (C=O) groups is 2. The van der Waals surface area contributed by atoms with E-state index in [-0.39, 0.29) is 25.6 Å². The Labute approximate surface area is 197 Å². The molecular formula is C26H29FN2O5. The van der Waals surface area contributed by atoms with E-state index in [1.807, 2.05) is 18.2 Å². The van der Waals surface area contributed by atoms with Crippen LogP contribution in [0.4, 0.5) is 4.39 Å². The molecule has 0 saturated carbocycles. The highest BCUT2D eigenvalue weighted by atomic mass is 19.1. The van der Waals surface area contributed by atoms with Crippen LogP contribution in [0.3, 0.4) is 0 Å². The highest BCUT2D eigenvalue weighted by Crippen LogP contribution is 2.47. The minimum atomic E-state index is -1.15. The molecule has 1 aliphatic heterocycles. The maximum absolute atomic E-state index is 14.5. The van der Waals surface area contributed by atoms with Crippen LogP contribution >= 0.6 is 0 Å². The first-order valence-electron chi connectivity index (χ1n) is 11.4. The topological polar surface area (TPSA) is 99.1 Å². The van der Waals surface area contributed by atoms with Gasteiger partial charge in [-0.1, -0.05) is 50.2 Å². The van der Waals surface area contributed by atoms with E-state index in [1.165, 1.54) is 11.0 Å². The van der Waals surface area contributed by atoms with Crippen LogP contribution in [0.1, 0.15) is 30.9 Å². The summed E-state index contributed by atoms with van der Waals surface area (Å²) in [6.45, 7) is 3.23. The number of ether oxygens (including phenoxy) is 1. The monoisotopic (exact) mass is 468 g/mol. The lowest BCUT2D eigenvalue weighted by Crippen LogP contribution is -2.56. The number of halogens is 1. The molecule has 0 bridgehead atoms. The van der Waals surface area contributed by atoms with Gasteiger partial charge in [0.15, 0.2) is 0 Å². The van der Waals surface area contributed by atoms with Gasteiger partial charge in [0.2, 0.25) is 11.8 Å². The minimum Gasteiger partial charge on any atom is -0.486 e. The number of aliphatic hydroxyl groups is 2. The number of benzene rings is 2. The van der Waals surface area contributed by atoms with Gasteiger partial charge in [-0.05, 0) is 18.2 Å². The lowest BCUT2D eigenvalue weighted by atomic mass is 9.77. The molecule has 8 heteroatoms. The number of amides is 2. The summed E-state index contributed by atoms with van der Waals surface area (Å²) < 4.78 is 20.6. The van der Waals surface area contributed by atoms with Crippen molar-refractivity contribution in [3.05, 3.63) is 77.1 Å². The number of rotatable bonds is 7. The van der Waals surface area contributed by atoms with Crippen molar-refractivity contribution in [3.8, 4) is 5.75 Å². The minimum absolute atomic E-state index is 0.0626. The molecule has 3 N–H and O–H groups in total. The number of nitrogens with zero attached hydrogens (tertiary/aromatic N) is 1. The van der Waals surface area contributed by atoms with Gasteiger partial charge in [-0.25, -0.2) is 4.39 Å². The van der Waals surface area contributed by atoms with Crippen molar-refractivity contribution in [1.29, 1.82) is 0 Å². The summed E-state index contributed by atoms with van der Waals surface area (Å²) in [7, 11) is 0. The molecule has 34 heavy (non-hydrogen) atoms. The number of para-hydroxylation sites is 1. The van der Waals surface area contributed by atoms with E-state index in [9.17, 15) is 24.2 Å². The Morgan fingerprint density at radius 3 is 2.56 bits per heavy atom. The maximum atomic E-state index is 14.5. The van der Waals surface area contributed by atoms with E-state index in [0.29, 0.717) is 16.9 Å². The first-order chi connectivity index (χ1) is 16.3. The molecule has 0 saturated heterocycles. The Morgan fingerprint density at radius 1 is 1.15 bits per heavy atom. The molecule has 2 aromatic rings. The zero-order valence-corrected chi connectivity index (χ0v) is 19.1. The second-order valence-electron chi connectivity index (χ2n) is 8.89. The van der Waals surface area contributed by atoms with E-state index in [4.69, 9.17) is 4.74 Å². The molecule has 7 nitrogen and oxygen atoms in total. The second kappa shape index (κ2) is 9.95. The Bertz CT molecular complexity index is 1100. The van der Waals surface area contributed by atoms with Crippen molar-refractivity contribution in [2.45, 2.75) is 44.6 Å². The Kier molecular flexibility index (Phi) is 7.00. The van der Waals surface area contributed by atoms with Crippen molar-refractivity contribution in [2.75, 3.05) is 13.2 Å². The fourth-order valence-corrected chi connectivity index (χ4v) is 4.66. The van der Waals surface area contributed by atoms with Crippen LogP contribution < -0.4 is 10.1 Å². The van der Waals surface area contributed by atoms with Crippen LogP contribution in [0.25, 0.3) is 0 Å². The van der Waals surface area contributed by atoms with Crippen LogP contribution in [-0.2, 0) is 16.1 Å². The van der Waals surface area contributed by atoms with Gasteiger partial charge in [-0.15, -0.1) is 0 Å². The van der Waals surface area contributed by atoms with Crippen LogP contribution in [0.2, 0.25) is 0 Å². The third-order valence-corrected chi connectivity index (χ3v) is 6.31. The van der Waals surface area contributed by atoms with Crippen molar-refractivity contribution in [2.24, 2.45) is 5.92 Å². The highest BCUT2D eigenvalue weighted by Gasteiger charge is 2.50. The molecule has 0 fully saturated rings. The van der Waals surface area contributed by atoms with Gasteiger partial charge in [-0.2, -0.15) is 0 Å². The summed E-state index contributed by atoms with van der Waals surface area (Å²) in [5, 5.41) is 23.3. The summed E-state index contributed by atoms with van der Waals surface area (Å²) in [6, 6.07) is 12.5. The molecule has 1 heterocycles. The van der Waals surface area contributed by atoms with Crippen molar-refractivity contribution < 1.29 is 28.9 Å². The van der Waals surface area contributed by atoms with E-state index in [1.54, 1.807) is 44.2 Å². The molecule has 4 rings (SSSR count). The summed E-state index contributed by atoms with van der Waals surface area (Å²) in [5.41, 5.74) is 1.42. The lowest BCUT2D eigenvalue weighted by Gasteiger charge is -2.41. The third kappa shape index (κ3) is 4.43. The molecule has 1 aliphatic carbocycles. The largest absolute Gasteiger partial charge is 0.486 e. The normalized spacial score (nSPS) is 22.9. The first kappa shape index (κ1) is 23.9. The van der Waals surface area contributed by atoms with E-state index in [0.717, 1.165) is 5.56 Å². The van der Waals surface area contributed by atoms with Gasteiger partial charge in [0.05, 0.1) is 18.6 Å². The number of nitrogens with one attached hydrogen (secondary N) is 1. The summed E-state index contributed by atoms with van der Waals surface area (Å²) >= 11 is 0. The van der Waals surface area contributed by atoms with Gasteiger partial charge in [0, 0.05) is 35.7 Å². The van der Waals surface area contributed by atoms with Crippen LogP contribution in [0.5, 0.6) is 5.75 Å². The predicted octanol–water partition coefficient (Wildman–Crippen LogP) is 2.13. The zero-order valence-electron chi connectivity index (χ0n) is 19.1. The molecule has 2 amide bonds. The van der Waals surface area contributed by atoms with Gasteiger partial charge in [-0.3, -0.25) is 9.59 Å². The van der Waals surface area contributed by atoms with Crippen LogP contribution in [0.15, 0.2) is 60.2 Å². The molecule has 4 atom stereocenters. The SMILES string of the molecule is CC(C)C(=O)N(Cc1ccccc1F)C1C=C(C(=O)NCCO)C2c3ccccc3OC2C1O. The predicted molar refractivity (Wildman–Crippen MR) is 123 cm³/mol. The zero-order chi connectivity index (χ0) is 24.4. The standard InChI is InChI=1S/C26H29FN2O5/c1-15(2)26(33)29(14-16-7-3-5-9-19(16)27)20-13-18(25(32)28-11-12-30)22-17-8-4-6-10-21(17)34-24(22)23(20)31/h3-10,13,15,20,22-24,30-31H,11-12,14H2,1-2H3,(H,28,32). The Morgan fingerprint density at radius 2 is 1.85 bits per heavy atom. The van der Waals surface area contributed by atoms with E-state index < -0.39 is 41.8 Å². The molecule has 2 aliphatic rings. The van der Waals surface area contributed by atoms with Crippen LogP contribution in [-0.4, -0.2) is 58.3 Å². The second-order valence-corrected chi connectivity index (χ2v) is 8.89. The highest BCUT2D eigenvalue weighted by molar-refractivity contribution is 5.96. The Hall–Kier alpha value is -3.23. The van der Waals surface area contributed by atoms with E-state index in [2.05, 4.69) is 5.32 Å². The quantitative estimate of drug-likeness (QED) is 0.578. The number of aliphatic hydroxyl groups excluding tert-OH is 2. The van der Waals surface area contributed by atoms with Crippen molar-refractivity contribution in [1.82, 2.24) is 10.2 Å². The number of hydrogen-bond donors (Lipinski definition) is 3. The molecule has 0 spiro atoms. The van der Waals surface area contributed by atoms with Gasteiger partial charge < -0.3 is 25.2 Å². The number of carbonyl (C=O) groups excluding carboxylic acids is 2. The van der Waals surface area contributed by atoms with Crippen LogP contribution in [0, 0.1) is 11.7 Å². The molecule has 2 aromatic carbocycles. The number of fused-ring (bicyclic) bond motifs is 3. The Balaban J connectivity index is 1.78. The third-order valence-electron chi connectivity index (χ3n) is 6.31. The smallest absolute Gasteiger partial charge is 0.247 e. The van der Waals surface area contributed by atoms with Gasteiger partial charge in [0.25, 0.3) is 0 Å². The number of hydrogen-bond acceptors (Lipinski definition) is 5. The fraction of sp³-hybridized carbons (Fsp3) is 0.385. The lowest BCUT2D eigenvalue weighted by molar-refractivity contribution is -0.141. The molecular weight excluding hydrogens is 439 g/mol. The maximum Gasteiger partial charge on any atom is 0.247 e. The summed E-state index contributed by atoms with van der Waals surface area (Å²) in [4.78, 5) is 27.8. The first-order valence-corrected chi connectivity index (χ1v) is 11.4. The fourth-order valence-electron chi connectivity index (χ4n) is 4.66. The molecule has 0 aromatic heterocycles. The average Bonchev–Trinajstić information content (AvgIpc) is 3.22. The molecule has 0 radical (unpaired) electrons. The van der Waals surface area contributed by atoms with Gasteiger partial charge in [0.1, 0.15) is 23.8 Å². The summed E-state index contributed by atoms with van der Waals surface area (Å²) in [6.07, 6.45) is -0.364. The molecule has 4 unspecified atom stereocenters. The van der Waals surface area contributed by atoms with Crippen molar-refractivity contribution >= 4 is 11.8 Å². The van der Waals surface area contributed by atoms with E-state index >= 15 is 0 Å². The van der Waals surface area contributed by atoms with Gasteiger partial charge >= 0.3 is 0 Å². The average molecular weight is 469 g/mol. The van der Waals surface area contributed by atoms with Crippen molar-refractivity contribution in [3.63, 3.8) is 0 Å².